The molecule has 2 nitrogen and oxygen atoms in total. The van der Waals surface area contributed by atoms with E-state index in [1.54, 1.807) is 0 Å². The van der Waals surface area contributed by atoms with Crippen LogP contribution in [0, 0.1) is 12.8 Å². The van der Waals surface area contributed by atoms with Crippen molar-refractivity contribution in [2.24, 2.45) is 5.92 Å². The Morgan fingerprint density at radius 2 is 2.00 bits per heavy atom. The van der Waals surface area contributed by atoms with Crippen LogP contribution in [0.25, 0.3) is 0 Å². The van der Waals surface area contributed by atoms with E-state index in [1.165, 1.54) is 17.7 Å². The fourth-order valence-electron chi connectivity index (χ4n) is 1.68. The molecule has 0 heterocycles. The van der Waals surface area contributed by atoms with Crippen molar-refractivity contribution in [3.05, 3.63) is 23.8 Å². The van der Waals surface area contributed by atoms with Crippen LogP contribution < -0.4 is 10.6 Å². The molecule has 0 aliphatic rings. The van der Waals surface area contributed by atoms with Crippen molar-refractivity contribution in [2.75, 3.05) is 24.2 Å². The Hall–Kier alpha value is -1.18. The molecular weight excluding hydrogens is 184 g/mol. The highest BCUT2D eigenvalue weighted by atomic mass is 15.1. The Balaban J connectivity index is 2.69. The van der Waals surface area contributed by atoms with Crippen LogP contribution in [0.4, 0.5) is 11.4 Å². The van der Waals surface area contributed by atoms with E-state index in [4.69, 9.17) is 5.73 Å². The van der Waals surface area contributed by atoms with Gasteiger partial charge in [0, 0.05) is 25.0 Å². The molecule has 1 aromatic rings. The van der Waals surface area contributed by atoms with Gasteiger partial charge in [0.05, 0.1) is 0 Å². The number of rotatable bonds is 4. The quantitative estimate of drug-likeness (QED) is 0.767. The second-order valence-corrected chi connectivity index (χ2v) is 4.65. The van der Waals surface area contributed by atoms with Crippen molar-refractivity contribution in [1.82, 2.24) is 0 Å². The van der Waals surface area contributed by atoms with Crippen molar-refractivity contribution >= 4 is 11.4 Å². The largest absolute Gasteiger partial charge is 0.399 e. The highest BCUT2D eigenvalue weighted by molar-refractivity contribution is 5.58. The average molecular weight is 206 g/mol. The molecule has 0 aromatic heterocycles. The molecule has 0 saturated carbocycles. The van der Waals surface area contributed by atoms with Crippen LogP contribution in [0.5, 0.6) is 0 Å². The monoisotopic (exact) mass is 206 g/mol. The van der Waals surface area contributed by atoms with Gasteiger partial charge in [0.2, 0.25) is 0 Å². The zero-order chi connectivity index (χ0) is 11.4. The van der Waals surface area contributed by atoms with E-state index in [9.17, 15) is 0 Å². The Morgan fingerprint density at radius 3 is 2.53 bits per heavy atom. The zero-order valence-electron chi connectivity index (χ0n) is 10.2. The SMILES string of the molecule is Cc1cc(N)ccc1N(C)CCC(C)C. The first-order chi connectivity index (χ1) is 7.00. The van der Waals surface area contributed by atoms with Crippen molar-refractivity contribution in [2.45, 2.75) is 27.2 Å². The lowest BCUT2D eigenvalue weighted by Gasteiger charge is -2.22. The van der Waals surface area contributed by atoms with E-state index < -0.39 is 0 Å². The van der Waals surface area contributed by atoms with E-state index in [0.29, 0.717) is 0 Å². The lowest BCUT2D eigenvalue weighted by molar-refractivity contribution is 0.585. The molecule has 0 saturated heterocycles. The summed E-state index contributed by atoms with van der Waals surface area (Å²) >= 11 is 0. The average Bonchev–Trinajstić information content (AvgIpc) is 2.14. The van der Waals surface area contributed by atoms with Gasteiger partial charge in [-0.25, -0.2) is 0 Å². The predicted octanol–water partition coefficient (Wildman–Crippen LogP) is 3.06. The van der Waals surface area contributed by atoms with Gasteiger partial charge >= 0.3 is 0 Å². The maximum atomic E-state index is 5.73. The predicted molar refractivity (Wildman–Crippen MR) is 68.3 cm³/mol. The maximum absolute atomic E-state index is 5.73. The molecule has 0 amide bonds. The summed E-state index contributed by atoms with van der Waals surface area (Å²) in [6.45, 7) is 7.72. The molecule has 15 heavy (non-hydrogen) atoms. The number of hydrogen-bond acceptors (Lipinski definition) is 2. The topological polar surface area (TPSA) is 29.3 Å². The van der Waals surface area contributed by atoms with Gasteiger partial charge in [0.25, 0.3) is 0 Å². The normalized spacial score (nSPS) is 10.7. The molecule has 2 N–H and O–H groups in total. The van der Waals surface area contributed by atoms with Crippen LogP contribution in [0.2, 0.25) is 0 Å². The van der Waals surface area contributed by atoms with Gasteiger partial charge in [0.1, 0.15) is 0 Å². The van der Waals surface area contributed by atoms with E-state index in [-0.39, 0.29) is 0 Å². The van der Waals surface area contributed by atoms with E-state index >= 15 is 0 Å². The standard InChI is InChI=1S/C13H22N2/c1-10(2)7-8-15(4)13-6-5-12(14)9-11(13)3/h5-6,9-10H,7-8,14H2,1-4H3. The molecule has 0 radical (unpaired) electrons. The van der Waals surface area contributed by atoms with E-state index in [0.717, 1.165) is 18.2 Å². The van der Waals surface area contributed by atoms with E-state index in [1.807, 2.05) is 12.1 Å². The number of anilines is 2. The van der Waals surface area contributed by atoms with Crippen molar-refractivity contribution in [3.63, 3.8) is 0 Å². The van der Waals surface area contributed by atoms with Crippen molar-refractivity contribution in [1.29, 1.82) is 0 Å². The van der Waals surface area contributed by atoms with Crippen molar-refractivity contribution in [3.8, 4) is 0 Å². The Labute approximate surface area is 93.1 Å². The molecule has 84 valence electrons. The van der Waals surface area contributed by atoms with Crippen LogP contribution >= 0.6 is 0 Å². The lowest BCUT2D eigenvalue weighted by atomic mass is 10.1. The molecule has 0 fully saturated rings. The van der Waals surface area contributed by atoms with Crippen LogP contribution in [0.3, 0.4) is 0 Å². The summed E-state index contributed by atoms with van der Waals surface area (Å²) in [6, 6.07) is 6.10. The van der Waals surface area contributed by atoms with Crippen LogP contribution in [0.1, 0.15) is 25.8 Å². The summed E-state index contributed by atoms with van der Waals surface area (Å²) in [5.41, 5.74) is 9.11. The summed E-state index contributed by atoms with van der Waals surface area (Å²) in [5, 5.41) is 0. The molecule has 0 aliphatic heterocycles. The fourth-order valence-corrected chi connectivity index (χ4v) is 1.68. The van der Waals surface area contributed by atoms with Gasteiger partial charge in [-0.15, -0.1) is 0 Å². The Morgan fingerprint density at radius 1 is 1.33 bits per heavy atom. The van der Waals surface area contributed by atoms with Crippen LogP contribution in [-0.4, -0.2) is 13.6 Å². The van der Waals surface area contributed by atoms with Gasteiger partial charge in [0.15, 0.2) is 0 Å². The second-order valence-electron chi connectivity index (χ2n) is 4.65. The zero-order valence-corrected chi connectivity index (χ0v) is 10.2. The number of nitrogen functional groups attached to an aromatic ring is 1. The minimum absolute atomic E-state index is 0.751. The minimum atomic E-state index is 0.751. The smallest absolute Gasteiger partial charge is 0.0394 e. The molecular formula is C13H22N2. The van der Waals surface area contributed by atoms with Crippen molar-refractivity contribution < 1.29 is 0 Å². The first kappa shape index (κ1) is 11.9. The van der Waals surface area contributed by atoms with Gasteiger partial charge in [-0.3, -0.25) is 0 Å². The van der Waals surface area contributed by atoms with Gasteiger partial charge in [-0.1, -0.05) is 13.8 Å². The van der Waals surface area contributed by atoms with Crippen LogP contribution in [0.15, 0.2) is 18.2 Å². The summed E-state index contributed by atoms with van der Waals surface area (Å²) in [7, 11) is 2.14. The number of hydrogen-bond donors (Lipinski definition) is 1. The van der Waals surface area contributed by atoms with Crippen LogP contribution in [-0.2, 0) is 0 Å². The number of benzene rings is 1. The van der Waals surface area contributed by atoms with E-state index in [2.05, 4.69) is 38.8 Å². The highest BCUT2D eigenvalue weighted by Crippen LogP contribution is 2.21. The Kier molecular flexibility index (Phi) is 4.01. The molecule has 2 heteroatoms. The third kappa shape index (κ3) is 3.46. The minimum Gasteiger partial charge on any atom is -0.399 e. The number of aryl methyl sites for hydroxylation is 1. The first-order valence-corrected chi connectivity index (χ1v) is 5.58. The fraction of sp³-hybridized carbons (Fsp3) is 0.538. The molecule has 0 spiro atoms. The van der Waals surface area contributed by atoms with Gasteiger partial charge in [-0.2, -0.15) is 0 Å². The van der Waals surface area contributed by atoms with Gasteiger partial charge in [-0.05, 0) is 43.0 Å². The number of nitrogens with two attached hydrogens (primary N) is 1. The summed E-state index contributed by atoms with van der Waals surface area (Å²) in [6.07, 6.45) is 1.22. The third-order valence-electron chi connectivity index (χ3n) is 2.67. The molecule has 0 aliphatic carbocycles. The second kappa shape index (κ2) is 5.06. The number of nitrogens with zero attached hydrogens (tertiary/aromatic N) is 1. The maximum Gasteiger partial charge on any atom is 0.0394 e. The summed E-state index contributed by atoms with van der Waals surface area (Å²) in [4.78, 5) is 2.30. The molecule has 0 bridgehead atoms. The summed E-state index contributed by atoms with van der Waals surface area (Å²) in [5.74, 6) is 0.751. The molecule has 1 rings (SSSR count). The third-order valence-corrected chi connectivity index (χ3v) is 2.67. The summed E-state index contributed by atoms with van der Waals surface area (Å²) < 4.78 is 0. The van der Waals surface area contributed by atoms with Gasteiger partial charge < -0.3 is 10.6 Å². The Bertz CT molecular complexity index is 318. The highest BCUT2D eigenvalue weighted by Gasteiger charge is 2.05. The molecule has 0 atom stereocenters. The molecule has 1 aromatic carbocycles. The molecule has 0 unspecified atom stereocenters. The first-order valence-electron chi connectivity index (χ1n) is 5.58. The lowest BCUT2D eigenvalue weighted by Crippen LogP contribution is -2.20.